The van der Waals surface area contributed by atoms with E-state index in [4.69, 9.17) is 5.73 Å². The zero-order valence-electron chi connectivity index (χ0n) is 18.9. The van der Waals surface area contributed by atoms with E-state index in [-0.39, 0.29) is 11.7 Å². The van der Waals surface area contributed by atoms with E-state index in [9.17, 15) is 9.18 Å². The number of likely N-dealkylation sites (N-methyl/N-ethyl adjacent to an activating group) is 1. The first-order valence-electron chi connectivity index (χ1n) is 10.5. The van der Waals surface area contributed by atoms with Gasteiger partial charge < -0.3 is 26.2 Å². The molecule has 0 atom stereocenters. The number of anilines is 3. The molecule has 1 heterocycles. The summed E-state index contributed by atoms with van der Waals surface area (Å²) in [6.07, 6.45) is 1.67. The van der Waals surface area contributed by atoms with Crippen molar-refractivity contribution in [3.8, 4) is 0 Å². The van der Waals surface area contributed by atoms with Gasteiger partial charge in [-0.05, 0) is 56.1 Å². The molecule has 1 aromatic heterocycles. The molecule has 3 aromatic rings. The molecular weight excluding hydrogens is 419 g/mol. The van der Waals surface area contributed by atoms with Crippen molar-refractivity contribution in [2.24, 2.45) is 0 Å². The highest BCUT2D eigenvalue weighted by molar-refractivity contribution is 6.04. The number of hydrogen-bond donors (Lipinski definition) is 3. The van der Waals surface area contributed by atoms with Gasteiger partial charge >= 0.3 is 0 Å². The highest BCUT2D eigenvalue weighted by Gasteiger charge is 2.13. The summed E-state index contributed by atoms with van der Waals surface area (Å²) in [4.78, 5) is 21.0. The topological polar surface area (TPSA) is 86.5 Å². The summed E-state index contributed by atoms with van der Waals surface area (Å²) in [6.45, 7) is 6.16. The van der Waals surface area contributed by atoms with E-state index in [0.29, 0.717) is 41.7 Å². The molecule has 0 saturated heterocycles. The molecule has 172 valence electrons. The largest absolute Gasteiger partial charge is 0.397 e. The average molecular weight is 449 g/mol. The molecule has 0 fully saturated rings. The fraction of sp³-hybridized carbons (Fsp3) is 0.200. The lowest BCUT2D eigenvalue weighted by molar-refractivity contribution is 0.102. The second-order valence-electron chi connectivity index (χ2n) is 7.90. The zero-order valence-corrected chi connectivity index (χ0v) is 18.9. The maximum absolute atomic E-state index is 13.5. The van der Waals surface area contributed by atoms with Crippen LogP contribution in [-0.4, -0.2) is 47.9 Å². The summed E-state index contributed by atoms with van der Waals surface area (Å²) in [5.41, 5.74) is 8.75. The lowest BCUT2D eigenvalue weighted by Gasteiger charge is -2.29. The van der Waals surface area contributed by atoms with E-state index >= 15 is 0 Å². The molecular formula is C25H29FN6O. The first kappa shape index (κ1) is 23.7. The van der Waals surface area contributed by atoms with Crippen molar-refractivity contribution in [1.29, 1.82) is 0 Å². The Balaban J connectivity index is 1.68. The van der Waals surface area contributed by atoms with Gasteiger partial charge in [-0.3, -0.25) is 9.78 Å². The van der Waals surface area contributed by atoms with Gasteiger partial charge in [0, 0.05) is 31.5 Å². The number of amides is 1. The van der Waals surface area contributed by atoms with Crippen molar-refractivity contribution >= 4 is 23.0 Å². The molecule has 33 heavy (non-hydrogen) atoms. The van der Waals surface area contributed by atoms with Crippen molar-refractivity contribution < 1.29 is 9.18 Å². The van der Waals surface area contributed by atoms with E-state index in [1.54, 1.807) is 48.7 Å². The Bertz CT molecular complexity index is 1100. The number of halogens is 1. The Morgan fingerprint density at radius 1 is 1.06 bits per heavy atom. The third-order valence-corrected chi connectivity index (χ3v) is 4.95. The van der Waals surface area contributed by atoms with Crippen LogP contribution in [-0.2, 0) is 6.54 Å². The monoisotopic (exact) mass is 448 g/mol. The van der Waals surface area contributed by atoms with E-state index in [1.807, 2.05) is 25.1 Å². The van der Waals surface area contributed by atoms with Crippen LogP contribution in [0.4, 0.5) is 21.5 Å². The minimum absolute atomic E-state index is 0.290. The Morgan fingerprint density at radius 3 is 2.52 bits per heavy atom. The Morgan fingerprint density at radius 2 is 1.85 bits per heavy atom. The summed E-state index contributed by atoms with van der Waals surface area (Å²) in [6, 6.07) is 16.8. The number of nitrogens with two attached hydrogens (primary N) is 1. The van der Waals surface area contributed by atoms with Crippen molar-refractivity contribution in [1.82, 2.24) is 14.8 Å². The van der Waals surface area contributed by atoms with Crippen molar-refractivity contribution in [2.75, 3.05) is 43.6 Å². The number of carbonyl (C=O) groups is 1. The van der Waals surface area contributed by atoms with Gasteiger partial charge in [0.25, 0.3) is 5.91 Å². The number of hydrogen-bond acceptors (Lipinski definition) is 6. The lowest BCUT2D eigenvalue weighted by Crippen LogP contribution is -2.33. The number of rotatable bonds is 10. The van der Waals surface area contributed by atoms with Crippen LogP contribution in [0, 0.1) is 5.82 Å². The summed E-state index contributed by atoms with van der Waals surface area (Å²) < 4.78 is 13.5. The van der Waals surface area contributed by atoms with Crippen LogP contribution in [0.3, 0.4) is 0 Å². The lowest BCUT2D eigenvalue weighted by atomic mass is 10.2. The van der Waals surface area contributed by atoms with Crippen LogP contribution in [0.1, 0.15) is 16.1 Å². The van der Waals surface area contributed by atoms with Gasteiger partial charge in [0.15, 0.2) is 0 Å². The van der Waals surface area contributed by atoms with Crippen LogP contribution >= 0.6 is 0 Å². The van der Waals surface area contributed by atoms with Crippen LogP contribution in [0.15, 0.2) is 79.3 Å². The molecule has 0 aliphatic carbocycles. The predicted molar refractivity (Wildman–Crippen MR) is 131 cm³/mol. The molecule has 0 aliphatic heterocycles. The van der Waals surface area contributed by atoms with Crippen molar-refractivity contribution in [3.05, 3.63) is 96.3 Å². The molecule has 7 nitrogen and oxygen atoms in total. The van der Waals surface area contributed by atoms with Gasteiger partial charge in [-0.15, -0.1) is 0 Å². The zero-order chi connectivity index (χ0) is 23.8. The van der Waals surface area contributed by atoms with Crippen LogP contribution in [0.5, 0.6) is 0 Å². The molecule has 8 heteroatoms. The van der Waals surface area contributed by atoms with Gasteiger partial charge in [-0.25, -0.2) is 4.39 Å². The van der Waals surface area contributed by atoms with Gasteiger partial charge in [-0.2, -0.15) is 0 Å². The minimum Gasteiger partial charge on any atom is -0.397 e. The number of benzene rings is 2. The van der Waals surface area contributed by atoms with Crippen LogP contribution < -0.4 is 16.4 Å². The molecule has 0 spiro atoms. The number of nitrogens with one attached hydrogen (secondary N) is 2. The maximum atomic E-state index is 13.5. The summed E-state index contributed by atoms with van der Waals surface area (Å²) in [7, 11) is 3.99. The molecule has 0 saturated carbocycles. The first-order chi connectivity index (χ1) is 15.8. The molecule has 0 unspecified atom stereocenters. The number of carbonyl (C=O) groups excluding carboxylic acids is 1. The third-order valence-electron chi connectivity index (χ3n) is 4.95. The van der Waals surface area contributed by atoms with Crippen molar-refractivity contribution in [2.45, 2.75) is 6.54 Å². The fourth-order valence-electron chi connectivity index (χ4n) is 3.11. The van der Waals surface area contributed by atoms with E-state index in [2.05, 4.69) is 27.1 Å². The number of nitrogen functional groups attached to an aromatic ring is 1. The standard InChI is InChI=1S/C25H29FN6O/c1-18(29-21-8-6-7-20(26)15-21)32(14-13-31(2)3)17-19-11-12-24(28-16-19)25(33)30-23-10-5-4-9-22(23)27/h4-12,15-16,29H,1,13-14,17,27H2,2-3H3,(H,30,33). The van der Waals surface area contributed by atoms with E-state index in [1.165, 1.54) is 12.1 Å². The molecule has 2 aromatic carbocycles. The first-order valence-corrected chi connectivity index (χ1v) is 10.5. The third kappa shape index (κ3) is 7.05. The molecule has 3 rings (SSSR count). The molecule has 0 radical (unpaired) electrons. The fourth-order valence-corrected chi connectivity index (χ4v) is 3.11. The SMILES string of the molecule is C=C(Nc1cccc(F)c1)N(CCN(C)C)Cc1ccc(C(=O)Nc2ccccc2N)nc1. The molecule has 0 bridgehead atoms. The second-order valence-corrected chi connectivity index (χ2v) is 7.90. The average Bonchev–Trinajstić information content (AvgIpc) is 2.78. The summed E-state index contributed by atoms with van der Waals surface area (Å²) in [5, 5.41) is 5.94. The van der Waals surface area contributed by atoms with Crippen LogP contribution in [0.25, 0.3) is 0 Å². The van der Waals surface area contributed by atoms with E-state index < -0.39 is 0 Å². The van der Waals surface area contributed by atoms with Gasteiger partial charge in [0.05, 0.1) is 17.2 Å². The Hall–Kier alpha value is -3.91. The second kappa shape index (κ2) is 11.1. The highest BCUT2D eigenvalue weighted by Crippen LogP contribution is 2.18. The van der Waals surface area contributed by atoms with Crippen LogP contribution in [0.2, 0.25) is 0 Å². The number of aromatic nitrogens is 1. The predicted octanol–water partition coefficient (Wildman–Crippen LogP) is 4.00. The summed E-state index contributed by atoms with van der Waals surface area (Å²) >= 11 is 0. The van der Waals surface area contributed by atoms with Gasteiger partial charge in [0.2, 0.25) is 0 Å². The molecule has 0 aliphatic rings. The minimum atomic E-state index is -0.332. The van der Waals surface area contributed by atoms with Gasteiger partial charge in [-0.1, -0.05) is 30.8 Å². The van der Waals surface area contributed by atoms with Gasteiger partial charge in [0.1, 0.15) is 11.5 Å². The number of para-hydroxylation sites is 2. The van der Waals surface area contributed by atoms with E-state index in [0.717, 1.165) is 12.1 Å². The Labute approximate surface area is 193 Å². The quantitative estimate of drug-likeness (QED) is 0.407. The number of nitrogens with zero attached hydrogens (tertiary/aromatic N) is 3. The maximum Gasteiger partial charge on any atom is 0.274 e. The summed E-state index contributed by atoms with van der Waals surface area (Å²) in [5.74, 6) is -0.00659. The highest BCUT2D eigenvalue weighted by atomic mass is 19.1. The molecule has 1 amide bonds. The smallest absolute Gasteiger partial charge is 0.274 e. The normalized spacial score (nSPS) is 10.7. The molecule has 4 N–H and O–H groups in total. The van der Waals surface area contributed by atoms with Crippen molar-refractivity contribution in [3.63, 3.8) is 0 Å². The Kier molecular flexibility index (Phi) is 7.99. The number of pyridine rings is 1.